The standard InChI is InChI=1S/C15H15BrClNO/c1-10-7-11(3-6-15(10)19-2)9-18-12-4-5-14(17)13(16)8-12/h3-8,18H,9H2,1-2H3. The number of anilines is 1. The molecule has 2 rings (SSSR count). The number of nitrogens with one attached hydrogen (secondary N) is 1. The number of aryl methyl sites for hydroxylation is 1. The van der Waals surface area contributed by atoms with Crippen LogP contribution < -0.4 is 10.1 Å². The van der Waals surface area contributed by atoms with Gasteiger partial charge in [-0.2, -0.15) is 0 Å². The Morgan fingerprint density at radius 2 is 2.00 bits per heavy atom. The van der Waals surface area contributed by atoms with Gasteiger partial charge in [0.25, 0.3) is 0 Å². The highest BCUT2D eigenvalue weighted by Gasteiger charge is 2.01. The highest BCUT2D eigenvalue weighted by Crippen LogP contribution is 2.26. The van der Waals surface area contributed by atoms with Crippen LogP contribution in [0, 0.1) is 6.92 Å². The highest BCUT2D eigenvalue weighted by molar-refractivity contribution is 9.10. The normalized spacial score (nSPS) is 10.3. The van der Waals surface area contributed by atoms with Gasteiger partial charge in [0.05, 0.1) is 12.1 Å². The second-order valence-corrected chi connectivity index (χ2v) is 5.55. The minimum Gasteiger partial charge on any atom is -0.496 e. The van der Waals surface area contributed by atoms with Gasteiger partial charge in [0, 0.05) is 16.7 Å². The summed E-state index contributed by atoms with van der Waals surface area (Å²) in [4.78, 5) is 0. The van der Waals surface area contributed by atoms with E-state index in [0.29, 0.717) is 5.02 Å². The van der Waals surface area contributed by atoms with Crippen molar-refractivity contribution in [2.75, 3.05) is 12.4 Å². The Labute approximate surface area is 126 Å². The Morgan fingerprint density at radius 3 is 2.63 bits per heavy atom. The number of rotatable bonds is 4. The van der Waals surface area contributed by atoms with Crippen LogP contribution in [0.1, 0.15) is 11.1 Å². The van der Waals surface area contributed by atoms with Gasteiger partial charge in [0.15, 0.2) is 0 Å². The fraction of sp³-hybridized carbons (Fsp3) is 0.200. The monoisotopic (exact) mass is 339 g/mol. The van der Waals surface area contributed by atoms with E-state index in [1.165, 1.54) is 5.56 Å². The van der Waals surface area contributed by atoms with Crippen LogP contribution in [0.3, 0.4) is 0 Å². The van der Waals surface area contributed by atoms with Crippen LogP contribution in [-0.2, 0) is 6.54 Å². The van der Waals surface area contributed by atoms with Crippen molar-refractivity contribution in [2.45, 2.75) is 13.5 Å². The summed E-state index contributed by atoms with van der Waals surface area (Å²) in [6.07, 6.45) is 0. The first-order valence-corrected chi connectivity index (χ1v) is 7.09. The molecule has 0 fully saturated rings. The Hall–Kier alpha value is -1.19. The van der Waals surface area contributed by atoms with E-state index < -0.39 is 0 Å². The van der Waals surface area contributed by atoms with Gasteiger partial charge < -0.3 is 10.1 Å². The van der Waals surface area contributed by atoms with E-state index in [2.05, 4.69) is 33.4 Å². The van der Waals surface area contributed by atoms with Crippen molar-refractivity contribution < 1.29 is 4.74 Å². The van der Waals surface area contributed by atoms with Gasteiger partial charge in [-0.3, -0.25) is 0 Å². The summed E-state index contributed by atoms with van der Waals surface area (Å²) in [6, 6.07) is 12.0. The summed E-state index contributed by atoms with van der Waals surface area (Å²) in [5.74, 6) is 0.915. The van der Waals surface area contributed by atoms with Gasteiger partial charge >= 0.3 is 0 Å². The van der Waals surface area contributed by atoms with E-state index >= 15 is 0 Å². The number of hydrogen-bond donors (Lipinski definition) is 1. The SMILES string of the molecule is COc1ccc(CNc2ccc(Cl)c(Br)c2)cc1C. The number of benzene rings is 2. The first-order chi connectivity index (χ1) is 9.10. The van der Waals surface area contributed by atoms with Crippen LogP contribution in [0.2, 0.25) is 5.02 Å². The summed E-state index contributed by atoms with van der Waals surface area (Å²) >= 11 is 9.38. The molecule has 100 valence electrons. The molecule has 0 saturated carbocycles. The average Bonchev–Trinajstić information content (AvgIpc) is 2.40. The minimum atomic E-state index is 0.714. The van der Waals surface area contributed by atoms with Crippen molar-refractivity contribution in [3.8, 4) is 5.75 Å². The van der Waals surface area contributed by atoms with E-state index in [1.54, 1.807) is 7.11 Å². The maximum Gasteiger partial charge on any atom is 0.121 e. The van der Waals surface area contributed by atoms with Crippen LogP contribution in [0.25, 0.3) is 0 Å². The molecule has 4 heteroatoms. The topological polar surface area (TPSA) is 21.3 Å². The van der Waals surface area contributed by atoms with Gasteiger partial charge in [-0.25, -0.2) is 0 Å². The second kappa shape index (κ2) is 6.31. The molecule has 0 bridgehead atoms. The van der Waals surface area contributed by atoms with Crippen LogP contribution in [0.4, 0.5) is 5.69 Å². The lowest BCUT2D eigenvalue weighted by molar-refractivity contribution is 0.411. The molecule has 0 spiro atoms. The Morgan fingerprint density at radius 1 is 1.21 bits per heavy atom. The molecule has 0 aliphatic rings. The number of halogens is 2. The first kappa shape index (κ1) is 14.2. The van der Waals surface area contributed by atoms with Crippen LogP contribution in [0.15, 0.2) is 40.9 Å². The zero-order chi connectivity index (χ0) is 13.8. The molecule has 0 heterocycles. The Balaban J connectivity index is 2.05. The Kier molecular flexibility index (Phi) is 4.72. The first-order valence-electron chi connectivity index (χ1n) is 5.92. The molecule has 0 aliphatic heterocycles. The highest BCUT2D eigenvalue weighted by atomic mass is 79.9. The maximum absolute atomic E-state index is 5.96. The minimum absolute atomic E-state index is 0.714. The molecule has 2 aromatic carbocycles. The van der Waals surface area contributed by atoms with E-state index in [4.69, 9.17) is 16.3 Å². The summed E-state index contributed by atoms with van der Waals surface area (Å²) < 4.78 is 6.14. The number of hydrogen-bond acceptors (Lipinski definition) is 2. The van der Waals surface area contributed by atoms with Gasteiger partial charge in [-0.15, -0.1) is 0 Å². The molecule has 1 N–H and O–H groups in total. The van der Waals surface area contributed by atoms with Crippen molar-refractivity contribution in [1.82, 2.24) is 0 Å². The summed E-state index contributed by atoms with van der Waals surface area (Å²) in [5, 5.41) is 4.08. The van der Waals surface area contributed by atoms with Crippen molar-refractivity contribution in [2.24, 2.45) is 0 Å². The summed E-state index contributed by atoms with van der Waals surface area (Å²) in [7, 11) is 1.69. The van der Waals surface area contributed by atoms with E-state index in [-0.39, 0.29) is 0 Å². The molecule has 0 aromatic heterocycles. The van der Waals surface area contributed by atoms with Crippen LogP contribution in [0.5, 0.6) is 5.75 Å². The van der Waals surface area contributed by atoms with Crippen molar-refractivity contribution in [3.63, 3.8) is 0 Å². The molecule has 0 amide bonds. The zero-order valence-corrected chi connectivity index (χ0v) is 13.2. The van der Waals surface area contributed by atoms with E-state index in [1.807, 2.05) is 31.2 Å². The molecule has 2 nitrogen and oxygen atoms in total. The zero-order valence-electron chi connectivity index (χ0n) is 10.8. The average molecular weight is 341 g/mol. The number of methoxy groups -OCH3 is 1. The molecule has 0 atom stereocenters. The van der Waals surface area contributed by atoms with Crippen molar-refractivity contribution >= 4 is 33.2 Å². The van der Waals surface area contributed by atoms with E-state index in [9.17, 15) is 0 Å². The fourth-order valence-corrected chi connectivity index (χ4v) is 2.36. The number of ether oxygens (including phenoxy) is 1. The van der Waals surface area contributed by atoms with Crippen LogP contribution >= 0.6 is 27.5 Å². The molecular weight excluding hydrogens is 326 g/mol. The Bertz CT molecular complexity index is 586. The summed E-state index contributed by atoms with van der Waals surface area (Å²) in [6.45, 7) is 2.81. The van der Waals surface area contributed by atoms with Gasteiger partial charge in [0.2, 0.25) is 0 Å². The quantitative estimate of drug-likeness (QED) is 0.842. The predicted molar refractivity (Wildman–Crippen MR) is 84.2 cm³/mol. The molecule has 2 aromatic rings. The van der Waals surface area contributed by atoms with Gasteiger partial charge in [0.1, 0.15) is 5.75 Å². The van der Waals surface area contributed by atoms with Crippen molar-refractivity contribution in [3.05, 3.63) is 57.0 Å². The van der Waals surface area contributed by atoms with Crippen LogP contribution in [-0.4, -0.2) is 7.11 Å². The maximum atomic E-state index is 5.96. The molecule has 19 heavy (non-hydrogen) atoms. The van der Waals surface area contributed by atoms with Gasteiger partial charge in [-0.1, -0.05) is 23.7 Å². The van der Waals surface area contributed by atoms with Gasteiger partial charge in [-0.05, 0) is 58.2 Å². The molecule has 0 saturated heterocycles. The lowest BCUT2D eigenvalue weighted by atomic mass is 10.1. The van der Waals surface area contributed by atoms with Crippen molar-refractivity contribution in [1.29, 1.82) is 0 Å². The fourth-order valence-electron chi connectivity index (χ4n) is 1.86. The lowest BCUT2D eigenvalue weighted by Gasteiger charge is -2.10. The third kappa shape index (κ3) is 3.64. The predicted octanol–water partition coefficient (Wildman–Crippen LogP) is 5.03. The smallest absolute Gasteiger partial charge is 0.121 e. The molecule has 0 aliphatic carbocycles. The second-order valence-electron chi connectivity index (χ2n) is 4.29. The largest absolute Gasteiger partial charge is 0.496 e. The molecule has 0 radical (unpaired) electrons. The molecule has 0 unspecified atom stereocenters. The third-order valence-corrected chi connectivity index (χ3v) is 4.09. The summed E-state index contributed by atoms with van der Waals surface area (Å²) in [5.41, 5.74) is 3.38. The molecular formula is C15H15BrClNO. The third-order valence-electron chi connectivity index (χ3n) is 2.88. The van der Waals surface area contributed by atoms with E-state index in [0.717, 1.165) is 28.0 Å². The lowest BCUT2D eigenvalue weighted by Crippen LogP contribution is -2.00.